The van der Waals surface area contributed by atoms with Gasteiger partial charge in [0.05, 0.1) is 16.8 Å². The third-order valence-electron chi connectivity index (χ3n) is 3.16. The summed E-state index contributed by atoms with van der Waals surface area (Å²) in [6.07, 6.45) is 5.45. The van der Waals surface area contributed by atoms with Crippen LogP contribution >= 0.6 is 11.6 Å². The van der Waals surface area contributed by atoms with Crippen LogP contribution < -0.4 is 5.32 Å². The van der Waals surface area contributed by atoms with Gasteiger partial charge in [-0.05, 0) is 37.2 Å². The highest BCUT2D eigenvalue weighted by Gasteiger charge is 2.12. The van der Waals surface area contributed by atoms with Crippen LogP contribution in [0.2, 0.25) is 5.02 Å². The Balaban J connectivity index is 2.11. The fraction of sp³-hybridized carbons (Fsp3) is 0.333. The van der Waals surface area contributed by atoms with Crippen molar-refractivity contribution in [2.24, 2.45) is 0 Å². The molecule has 1 unspecified atom stereocenters. The van der Waals surface area contributed by atoms with Crippen LogP contribution in [0.25, 0.3) is 0 Å². The zero-order chi connectivity index (χ0) is 13.7. The molecule has 0 bridgehead atoms. The van der Waals surface area contributed by atoms with Crippen LogP contribution in [0.1, 0.15) is 29.9 Å². The monoisotopic (exact) mass is 275 g/mol. The van der Waals surface area contributed by atoms with E-state index in [0.717, 1.165) is 24.2 Å². The number of halogens is 1. The molecule has 0 saturated heterocycles. The van der Waals surface area contributed by atoms with Crippen LogP contribution in [-0.4, -0.2) is 17.0 Å². The smallest absolute Gasteiger partial charge is 0.0589 e. The van der Waals surface area contributed by atoms with Crippen molar-refractivity contribution in [2.45, 2.75) is 25.8 Å². The predicted molar refractivity (Wildman–Crippen MR) is 78.4 cm³/mol. The third kappa shape index (κ3) is 3.75. The third-order valence-corrected chi connectivity index (χ3v) is 3.39. The summed E-state index contributed by atoms with van der Waals surface area (Å²) >= 11 is 5.86. The largest absolute Gasteiger partial charge is 0.311 e. The molecular weight excluding hydrogens is 258 g/mol. The molecule has 2 aromatic rings. The first-order valence-corrected chi connectivity index (χ1v) is 6.83. The normalized spacial score (nSPS) is 12.4. The van der Waals surface area contributed by atoms with Gasteiger partial charge in [0.25, 0.3) is 0 Å². The van der Waals surface area contributed by atoms with Crippen molar-refractivity contribution in [1.29, 1.82) is 0 Å². The predicted octanol–water partition coefficient (Wildman–Crippen LogP) is 3.20. The fourth-order valence-electron chi connectivity index (χ4n) is 1.94. The summed E-state index contributed by atoms with van der Waals surface area (Å²) in [5.41, 5.74) is 3.30. The van der Waals surface area contributed by atoms with Gasteiger partial charge in [-0.25, -0.2) is 0 Å². The molecule has 0 amide bonds. The molecule has 0 aromatic carbocycles. The van der Waals surface area contributed by atoms with E-state index < -0.39 is 0 Å². The van der Waals surface area contributed by atoms with E-state index in [1.54, 1.807) is 6.20 Å². The van der Waals surface area contributed by atoms with E-state index in [4.69, 9.17) is 11.6 Å². The number of rotatable bonds is 5. The Kier molecular flexibility index (Phi) is 4.88. The first-order valence-electron chi connectivity index (χ1n) is 6.45. The van der Waals surface area contributed by atoms with Gasteiger partial charge in [0, 0.05) is 24.5 Å². The molecule has 0 spiro atoms. The Morgan fingerprint density at radius 1 is 1.16 bits per heavy atom. The maximum absolute atomic E-state index is 5.86. The maximum atomic E-state index is 5.86. The van der Waals surface area contributed by atoms with Gasteiger partial charge in [-0.1, -0.05) is 24.6 Å². The molecule has 0 saturated carbocycles. The first kappa shape index (κ1) is 14.0. The molecule has 2 aromatic heterocycles. The van der Waals surface area contributed by atoms with Gasteiger partial charge in [0.2, 0.25) is 0 Å². The van der Waals surface area contributed by atoms with Crippen LogP contribution in [0.5, 0.6) is 0 Å². The lowest BCUT2D eigenvalue weighted by atomic mass is 10.1. The van der Waals surface area contributed by atoms with Crippen molar-refractivity contribution in [3.8, 4) is 0 Å². The maximum Gasteiger partial charge on any atom is 0.0589 e. The van der Waals surface area contributed by atoms with E-state index in [9.17, 15) is 0 Å². The minimum absolute atomic E-state index is 0.150. The van der Waals surface area contributed by atoms with E-state index in [1.165, 1.54) is 5.56 Å². The second-order valence-electron chi connectivity index (χ2n) is 4.46. The average Bonchev–Trinajstić information content (AvgIpc) is 2.46. The van der Waals surface area contributed by atoms with Crippen molar-refractivity contribution in [3.63, 3.8) is 0 Å². The summed E-state index contributed by atoms with van der Waals surface area (Å²) < 4.78 is 0. The molecule has 0 aliphatic rings. The SMILES string of the molecule is CCc1ccc(CC(NC)c2ccc(Cl)cn2)nc1. The van der Waals surface area contributed by atoms with Crippen LogP contribution in [0.4, 0.5) is 0 Å². The molecule has 100 valence electrons. The number of aryl methyl sites for hydroxylation is 1. The summed E-state index contributed by atoms with van der Waals surface area (Å²) in [5.74, 6) is 0. The van der Waals surface area contributed by atoms with Crippen molar-refractivity contribution in [1.82, 2.24) is 15.3 Å². The molecular formula is C15H18ClN3. The highest BCUT2D eigenvalue weighted by molar-refractivity contribution is 6.30. The lowest BCUT2D eigenvalue weighted by Crippen LogP contribution is -2.20. The first-order chi connectivity index (χ1) is 9.22. The Bertz CT molecular complexity index is 508. The lowest BCUT2D eigenvalue weighted by molar-refractivity contribution is 0.569. The average molecular weight is 276 g/mol. The lowest BCUT2D eigenvalue weighted by Gasteiger charge is -2.15. The minimum atomic E-state index is 0.150. The summed E-state index contributed by atoms with van der Waals surface area (Å²) in [5, 5.41) is 3.93. The Morgan fingerprint density at radius 3 is 2.53 bits per heavy atom. The van der Waals surface area contributed by atoms with E-state index in [-0.39, 0.29) is 6.04 Å². The molecule has 0 aliphatic carbocycles. The summed E-state index contributed by atoms with van der Waals surface area (Å²) in [6.45, 7) is 2.13. The summed E-state index contributed by atoms with van der Waals surface area (Å²) in [7, 11) is 1.93. The van der Waals surface area contributed by atoms with Crippen molar-refractivity contribution in [2.75, 3.05) is 7.05 Å². The Morgan fingerprint density at radius 2 is 2.00 bits per heavy atom. The molecule has 0 fully saturated rings. The van der Waals surface area contributed by atoms with E-state index in [1.807, 2.05) is 25.4 Å². The van der Waals surface area contributed by atoms with Gasteiger partial charge in [-0.3, -0.25) is 9.97 Å². The number of aromatic nitrogens is 2. The fourth-order valence-corrected chi connectivity index (χ4v) is 2.05. The second kappa shape index (κ2) is 6.64. The van der Waals surface area contributed by atoms with Crippen LogP contribution in [-0.2, 0) is 12.8 Å². The van der Waals surface area contributed by atoms with Gasteiger partial charge in [-0.15, -0.1) is 0 Å². The van der Waals surface area contributed by atoms with Gasteiger partial charge >= 0.3 is 0 Å². The molecule has 3 nitrogen and oxygen atoms in total. The van der Waals surface area contributed by atoms with Crippen molar-refractivity contribution < 1.29 is 0 Å². The molecule has 0 radical (unpaired) electrons. The van der Waals surface area contributed by atoms with Crippen LogP contribution in [0.3, 0.4) is 0 Å². The molecule has 19 heavy (non-hydrogen) atoms. The Hall–Kier alpha value is -1.45. The molecule has 0 aliphatic heterocycles. The number of likely N-dealkylation sites (N-methyl/N-ethyl adjacent to an activating group) is 1. The number of pyridine rings is 2. The van der Waals surface area contributed by atoms with Crippen LogP contribution in [0, 0.1) is 0 Å². The zero-order valence-corrected chi connectivity index (χ0v) is 12.0. The Labute approximate surface area is 119 Å². The number of nitrogens with zero attached hydrogens (tertiary/aromatic N) is 2. The second-order valence-corrected chi connectivity index (χ2v) is 4.89. The number of hydrogen-bond acceptors (Lipinski definition) is 3. The number of hydrogen-bond donors (Lipinski definition) is 1. The topological polar surface area (TPSA) is 37.8 Å². The van der Waals surface area contributed by atoms with Gasteiger partial charge in [0.1, 0.15) is 0 Å². The van der Waals surface area contributed by atoms with Crippen LogP contribution in [0.15, 0.2) is 36.7 Å². The van der Waals surface area contributed by atoms with Crippen molar-refractivity contribution >= 4 is 11.6 Å². The summed E-state index contributed by atoms with van der Waals surface area (Å²) in [6, 6.07) is 8.17. The standard InChI is InChI=1S/C15H18ClN3/c1-3-11-4-6-13(18-9-11)8-15(17-2)14-7-5-12(16)10-19-14/h4-7,9-10,15,17H,3,8H2,1-2H3. The highest BCUT2D eigenvalue weighted by Crippen LogP contribution is 2.17. The van der Waals surface area contributed by atoms with Gasteiger partial charge in [-0.2, -0.15) is 0 Å². The molecule has 4 heteroatoms. The minimum Gasteiger partial charge on any atom is -0.311 e. The van der Waals surface area contributed by atoms with Crippen molar-refractivity contribution in [3.05, 3.63) is 58.6 Å². The highest BCUT2D eigenvalue weighted by atomic mass is 35.5. The number of nitrogens with one attached hydrogen (secondary N) is 1. The van der Waals surface area contributed by atoms with Gasteiger partial charge in [0.15, 0.2) is 0 Å². The molecule has 2 rings (SSSR count). The van der Waals surface area contributed by atoms with E-state index in [0.29, 0.717) is 5.02 Å². The summed E-state index contributed by atoms with van der Waals surface area (Å²) in [4.78, 5) is 8.84. The van der Waals surface area contributed by atoms with Gasteiger partial charge < -0.3 is 5.32 Å². The molecule has 2 heterocycles. The quantitative estimate of drug-likeness (QED) is 0.911. The van der Waals surface area contributed by atoms with E-state index in [2.05, 4.69) is 34.3 Å². The van der Waals surface area contributed by atoms with E-state index >= 15 is 0 Å². The molecule has 1 N–H and O–H groups in total. The zero-order valence-electron chi connectivity index (χ0n) is 11.2. The molecule has 1 atom stereocenters.